The Morgan fingerprint density at radius 2 is 2.07 bits per heavy atom. The number of nitrogens with zero attached hydrogens (tertiary/aromatic N) is 2. The zero-order valence-corrected chi connectivity index (χ0v) is 16.8. The lowest BCUT2D eigenvalue weighted by Crippen LogP contribution is -2.55. The van der Waals surface area contributed by atoms with Gasteiger partial charge in [-0.15, -0.1) is 11.6 Å². The molecule has 1 aromatic rings. The zero-order valence-electron chi connectivity index (χ0n) is 16.0. The number of rotatable bonds is 5. The maximum Gasteiger partial charge on any atom is 0.270 e. The Kier molecular flexibility index (Phi) is 6.19. The van der Waals surface area contributed by atoms with Gasteiger partial charge in [0.1, 0.15) is 5.69 Å². The van der Waals surface area contributed by atoms with Gasteiger partial charge in [0.15, 0.2) is 0 Å². The molecule has 2 heterocycles. The first-order chi connectivity index (χ1) is 12.8. The minimum absolute atomic E-state index is 0.0305. The van der Waals surface area contributed by atoms with Crippen LogP contribution in [0.5, 0.6) is 0 Å². The zero-order chi connectivity index (χ0) is 19.6. The van der Waals surface area contributed by atoms with Gasteiger partial charge in [-0.2, -0.15) is 0 Å². The Balaban J connectivity index is 1.65. The van der Waals surface area contributed by atoms with E-state index in [-0.39, 0.29) is 41.2 Å². The number of nitrogens with one attached hydrogen (secondary N) is 3. The van der Waals surface area contributed by atoms with Crippen molar-refractivity contribution in [2.45, 2.75) is 70.0 Å². The molecule has 3 N–H and O–H groups in total. The quantitative estimate of drug-likeness (QED) is 0.667. The molecule has 148 valence electrons. The molecule has 1 saturated carbocycles. The van der Waals surface area contributed by atoms with Crippen molar-refractivity contribution in [3.63, 3.8) is 0 Å². The molecule has 1 aliphatic heterocycles. The topological polar surface area (TPSA) is 96.0 Å². The lowest BCUT2D eigenvalue weighted by Gasteiger charge is -2.42. The number of alkyl halides is 1. The van der Waals surface area contributed by atoms with Crippen LogP contribution in [-0.2, 0) is 4.79 Å². The lowest BCUT2D eigenvalue weighted by atomic mass is 9.74. The summed E-state index contributed by atoms with van der Waals surface area (Å²) in [5.74, 6) is 0.421. The summed E-state index contributed by atoms with van der Waals surface area (Å²) >= 11 is 6.33. The van der Waals surface area contributed by atoms with E-state index >= 15 is 0 Å². The third-order valence-electron chi connectivity index (χ3n) is 5.41. The maximum absolute atomic E-state index is 12.6. The number of hydrogen-bond donors (Lipinski definition) is 3. The van der Waals surface area contributed by atoms with Crippen molar-refractivity contribution < 1.29 is 9.59 Å². The van der Waals surface area contributed by atoms with Gasteiger partial charge in [-0.05, 0) is 58.4 Å². The SMILES string of the molecule is CC(C)NC(=O)c1ccnc(N[C@@H](C)C2CC3CC(Cl)CCC3NC2=O)n1. The molecule has 5 atom stereocenters. The molecule has 7 nitrogen and oxygen atoms in total. The maximum atomic E-state index is 12.6. The molecule has 1 aliphatic carbocycles. The first-order valence-corrected chi connectivity index (χ1v) is 10.1. The van der Waals surface area contributed by atoms with Crippen molar-refractivity contribution in [2.75, 3.05) is 5.32 Å². The van der Waals surface area contributed by atoms with Crippen LogP contribution in [0.1, 0.15) is 56.9 Å². The van der Waals surface area contributed by atoms with E-state index in [1.165, 1.54) is 0 Å². The predicted molar refractivity (Wildman–Crippen MR) is 105 cm³/mol. The van der Waals surface area contributed by atoms with Gasteiger partial charge in [-0.25, -0.2) is 9.97 Å². The number of carbonyl (C=O) groups is 2. The average molecular weight is 394 g/mol. The highest BCUT2D eigenvalue weighted by Crippen LogP contribution is 2.36. The van der Waals surface area contributed by atoms with Crippen LogP contribution >= 0.6 is 11.6 Å². The Morgan fingerprint density at radius 1 is 1.30 bits per heavy atom. The minimum Gasteiger partial charge on any atom is -0.353 e. The van der Waals surface area contributed by atoms with Crippen LogP contribution in [0.3, 0.4) is 0 Å². The highest BCUT2D eigenvalue weighted by atomic mass is 35.5. The van der Waals surface area contributed by atoms with Crippen molar-refractivity contribution in [3.05, 3.63) is 18.0 Å². The van der Waals surface area contributed by atoms with Crippen LogP contribution in [-0.4, -0.2) is 45.3 Å². The molecule has 1 saturated heterocycles. The molecule has 8 heteroatoms. The Hall–Kier alpha value is -1.89. The van der Waals surface area contributed by atoms with Crippen molar-refractivity contribution >= 4 is 29.4 Å². The van der Waals surface area contributed by atoms with Crippen LogP contribution in [0.4, 0.5) is 5.95 Å². The fraction of sp³-hybridized carbons (Fsp3) is 0.684. The molecule has 27 heavy (non-hydrogen) atoms. The number of fused-ring (bicyclic) bond motifs is 1. The third-order valence-corrected chi connectivity index (χ3v) is 5.80. The van der Waals surface area contributed by atoms with Crippen LogP contribution in [0, 0.1) is 11.8 Å². The Bertz CT molecular complexity index is 698. The summed E-state index contributed by atoms with van der Waals surface area (Å²) in [6.07, 6.45) is 5.21. The van der Waals surface area contributed by atoms with Gasteiger partial charge in [0.25, 0.3) is 5.91 Å². The van der Waals surface area contributed by atoms with Gasteiger partial charge in [-0.1, -0.05) is 0 Å². The molecular weight excluding hydrogens is 366 g/mol. The molecule has 0 radical (unpaired) electrons. The van der Waals surface area contributed by atoms with E-state index in [4.69, 9.17) is 11.6 Å². The minimum atomic E-state index is -0.239. The van der Waals surface area contributed by atoms with Crippen LogP contribution in [0.2, 0.25) is 0 Å². The highest BCUT2D eigenvalue weighted by molar-refractivity contribution is 6.20. The summed E-state index contributed by atoms with van der Waals surface area (Å²) in [7, 11) is 0. The molecule has 0 aromatic carbocycles. The number of aromatic nitrogens is 2. The van der Waals surface area contributed by atoms with E-state index in [1.54, 1.807) is 12.3 Å². The van der Waals surface area contributed by atoms with E-state index in [0.29, 0.717) is 17.6 Å². The van der Waals surface area contributed by atoms with Crippen molar-refractivity contribution in [3.8, 4) is 0 Å². The summed E-state index contributed by atoms with van der Waals surface area (Å²) in [6.45, 7) is 5.74. The Labute approximate surface area is 165 Å². The standard InChI is InChI=1S/C19H28ClN5O2/c1-10(2)22-18(27)16-6-7-21-19(25-16)23-11(3)14-9-12-8-13(20)4-5-15(12)24-17(14)26/h6-7,10-15H,4-5,8-9H2,1-3H3,(H,22,27)(H,24,26)(H,21,23,25)/t11-,12?,13?,14?,15?/m0/s1. The van der Waals surface area contributed by atoms with Gasteiger partial charge >= 0.3 is 0 Å². The van der Waals surface area contributed by atoms with E-state index in [9.17, 15) is 9.59 Å². The Morgan fingerprint density at radius 3 is 2.81 bits per heavy atom. The molecular formula is C19H28ClN5O2. The first kappa shape index (κ1) is 19.9. The summed E-state index contributed by atoms with van der Waals surface area (Å²) < 4.78 is 0. The van der Waals surface area contributed by atoms with Crippen molar-refractivity contribution in [1.29, 1.82) is 0 Å². The van der Waals surface area contributed by atoms with E-state index in [0.717, 1.165) is 25.7 Å². The highest BCUT2D eigenvalue weighted by Gasteiger charge is 2.41. The van der Waals surface area contributed by atoms with Crippen LogP contribution in [0.25, 0.3) is 0 Å². The summed E-state index contributed by atoms with van der Waals surface area (Å²) in [4.78, 5) is 33.2. The number of amides is 2. The first-order valence-electron chi connectivity index (χ1n) is 9.68. The molecule has 2 aliphatic rings. The number of carbonyl (C=O) groups excluding carboxylic acids is 2. The number of hydrogen-bond acceptors (Lipinski definition) is 5. The fourth-order valence-corrected chi connectivity index (χ4v) is 4.36. The second-order valence-electron chi connectivity index (χ2n) is 7.95. The summed E-state index contributed by atoms with van der Waals surface area (Å²) in [6, 6.07) is 1.71. The third kappa shape index (κ3) is 4.89. The molecule has 0 bridgehead atoms. The molecule has 3 rings (SSSR count). The largest absolute Gasteiger partial charge is 0.353 e. The van der Waals surface area contributed by atoms with Crippen molar-refractivity contribution in [1.82, 2.24) is 20.6 Å². The second-order valence-corrected chi connectivity index (χ2v) is 8.57. The normalized spacial score (nSPS) is 28.9. The van der Waals surface area contributed by atoms with Crippen LogP contribution < -0.4 is 16.0 Å². The fourth-order valence-electron chi connectivity index (χ4n) is 4.01. The van der Waals surface area contributed by atoms with E-state index < -0.39 is 0 Å². The molecule has 1 aromatic heterocycles. The van der Waals surface area contributed by atoms with Gasteiger partial charge in [-0.3, -0.25) is 9.59 Å². The summed E-state index contributed by atoms with van der Waals surface area (Å²) in [5.41, 5.74) is 0.304. The molecule has 2 fully saturated rings. The average Bonchev–Trinajstić information content (AvgIpc) is 2.61. The second kappa shape index (κ2) is 8.42. The van der Waals surface area contributed by atoms with Crippen LogP contribution in [0.15, 0.2) is 12.3 Å². The van der Waals surface area contributed by atoms with Crippen molar-refractivity contribution in [2.24, 2.45) is 11.8 Å². The molecule has 2 amide bonds. The predicted octanol–water partition coefficient (Wildman–Crippen LogP) is 2.33. The summed E-state index contributed by atoms with van der Waals surface area (Å²) in [5, 5.41) is 9.38. The van der Waals surface area contributed by atoms with E-state index in [1.807, 2.05) is 20.8 Å². The van der Waals surface area contributed by atoms with Gasteiger partial charge in [0.05, 0.1) is 5.92 Å². The number of piperidine rings is 1. The smallest absolute Gasteiger partial charge is 0.270 e. The molecule has 0 spiro atoms. The number of anilines is 1. The van der Waals surface area contributed by atoms with Gasteiger partial charge in [0.2, 0.25) is 11.9 Å². The number of halogens is 1. The van der Waals surface area contributed by atoms with Gasteiger partial charge in [0, 0.05) is 29.7 Å². The van der Waals surface area contributed by atoms with E-state index in [2.05, 4.69) is 25.9 Å². The van der Waals surface area contributed by atoms with Gasteiger partial charge < -0.3 is 16.0 Å². The molecule has 4 unspecified atom stereocenters. The monoisotopic (exact) mass is 393 g/mol. The lowest BCUT2D eigenvalue weighted by molar-refractivity contribution is -0.130.